The minimum Gasteiger partial charge on any atom is -0.383 e. The van der Waals surface area contributed by atoms with Crippen molar-refractivity contribution >= 4 is 52.2 Å². The Kier molecular flexibility index (Phi) is 6.93. The topological polar surface area (TPSA) is 118 Å². The van der Waals surface area contributed by atoms with Crippen molar-refractivity contribution in [2.45, 2.75) is 19.1 Å². The van der Waals surface area contributed by atoms with E-state index in [4.69, 9.17) is 10.5 Å². The maximum atomic E-state index is 13.7. The van der Waals surface area contributed by atoms with Crippen molar-refractivity contribution in [3.05, 3.63) is 60.0 Å². The fourth-order valence-electron chi connectivity index (χ4n) is 3.58. The van der Waals surface area contributed by atoms with E-state index in [0.717, 1.165) is 10.8 Å². The Morgan fingerprint density at radius 3 is 2.88 bits per heavy atom. The van der Waals surface area contributed by atoms with Crippen LogP contribution < -0.4 is 16.0 Å². The number of aryl methyl sites for hydroxylation is 1. The maximum Gasteiger partial charge on any atom is 0.259 e. The molecule has 3 aromatic rings. The molecule has 1 fully saturated rings. The summed E-state index contributed by atoms with van der Waals surface area (Å²) in [4.78, 5) is 30.9. The molecule has 0 saturated carbocycles. The minimum atomic E-state index is -1.75. The molecule has 2 aromatic carbocycles. The molecule has 0 aliphatic carbocycles. The monoisotopic (exact) mass is 460 g/mol. The van der Waals surface area contributed by atoms with Crippen LogP contribution in [-0.2, 0) is 14.3 Å². The van der Waals surface area contributed by atoms with Crippen molar-refractivity contribution in [1.82, 2.24) is 4.98 Å². The molecule has 4 N–H and O–H groups in total. The second kappa shape index (κ2) is 9.47. The van der Waals surface area contributed by atoms with Crippen LogP contribution in [0.15, 0.2) is 48.7 Å². The van der Waals surface area contributed by atoms with Gasteiger partial charge in [-0.1, -0.05) is 6.07 Å². The number of carbonyl (C=O) groups excluding carboxylic acids is 2. The smallest absolute Gasteiger partial charge is 0.259 e. The summed E-state index contributed by atoms with van der Waals surface area (Å²) in [6, 6.07) is 10.9. The second-order valence-corrected chi connectivity index (χ2v) is 7.28. The molecule has 0 bridgehead atoms. The van der Waals surface area contributed by atoms with E-state index in [1.807, 2.05) is 0 Å². The first-order valence-electron chi connectivity index (χ1n) is 9.67. The number of aromatic nitrogens is 1. The lowest BCUT2D eigenvalue weighted by molar-refractivity contribution is -0.150. The van der Waals surface area contributed by atoms with E-state index in [1.54, 1.807) is 43.5 Å². The number of amides is 2. The molecule has 2 amide bonds. The molecular weight excluding hydrogens is 439 g/mol. The van der Waals surface area contributed by atoms with Gasteiger partial charge < -0.3 is 25.8 Å². The average molecular weight is 461 g/mol. The highest BCUT2D eigenvalue weighted by Crippen LogP contribution is 2.26. The number of nitrogen functional groups attached to an aromatic ring is 1. The molecule has 1 aliphatic rings. The van der Waals surface area contributed by atoms with Gasteiger partial charge in [-0.15, -0.1) is 12.4 Å². The Bertz CT molecular complexity index is 1180. The zero-order valence-electron chi connectivity index (χ0n) is 17.1. The number of nitrogens with two attached hydrogens (primary N) is 1. The van der Waals surface area contributed by atoms with Crippen LogP contribution in [0.4, 0.5) is 21.6 Å². The molecule has 1 saturated heterocycles. The summed E-state index contributed by atoms with van der Waals surface area (Å²) in [5.41, 5.74) is 7.32. The van der Waals surface area contributed by atoms with Crippen molar-refractivity contribution in [2.24, 2.45) is 0 Å². The fourth-order valence-corrected chi connectivity index (χ4v) is 3.58. The van der Waals surface area contributed by atoms with Crippen LogP contribution in [0.2, 0.25) is 0 Å². The van der Waals surface area contributed by atoms with Crippen molar-refractivity contribution in [3.8, 4) is 0 Å². The van der Waals surface area contributed by atoms with Crippen LogP contribution in [0.25, 0.3) is 10.8 Å². The summed E-state index contributed by atoms with van der Waals surface area (Å²) >= 11 is 0. The molecule has 8 nitrogen and oxygen atoms in total. The molecule has 1 aromatic heterocycles. The highest BCUT2D eigenvalue weighted by Gasteiger charge is 2.39. The maximum absolute atomic E-state index is 13.7. The Morgan fingerprint density at radius 2 is 2.09 bits per heavy atom. The SMILES string of the molecule is Cc1ccc(F)cc1N1CCO[C@H](C(O)C(=O)Nc2ccc3c(N)nccc3c2)C1=O.Cl. The zero-order valence-corrected chi connectivity index (χ0v) is 17.9. The highest BCUT2D eigenvalue weighted by atomic mass is 35.5. The third-order valence-electron chi connectivity index (χ3n) is 5.20. The third kappa shape index (κ3) is 4.50. The molecule has 32 heavy (non-hydrogen) atoms. The zero-order chi connectivity index (χ0) is 22.1. The average Bonchev–Trinajstić information content (AvgIpc) is 2.75. The van der Waals surface area contributed by atoms with Gasteiger partial charge in [0.05, 0.1) is 6.61 Å². The minimum absolute atomic E-state index is 0. The molecule has 2 heterocycles. The molecule has 1 unspecified atom stereocenters. The number of fused-ring (bicyclic) bond motifs is 1. The number of aliphatic hydroxyl groups is 1. The normalized spacial score (nSPS) is 17.0. The van der Waals surface area contributed by atoms with Gasteiger partial charge in [0.1, 0.15) is 11.6 Å². The lowest BCUT2D eigenvalue weighted by Crippen LogP contribution is -2.55. The Labute approximate surface area is 189 Å². The number of aliphatic hydroxyl groups excluding tert-OH is 1. The lowest BCUT2D eigenvalue weighted by atomic mass is 10.1. The van der Waals surface area contributed by atoms with Crippen molar-refractivity contribution in [3.63, 3.8) is 0 Å². The number of morpholine rings is 1. The number of halogens is 2. The van der Waals surface area contributed by atoms with E-state index < -0.39 is 29.8 Å². The standard InChI is InChI=1S/C22H21FN4O4.ClH/c1-12-2-3-14(23)11-17(12)27-8-9-31-19(22(27)30)18(28)21(29)26-15-4-5-16-13(10-15)6-7-25-20(16)24;/h2-7,10-11,18-19,28H,8-9H2,1H3,(H2,24,25)(H,26,29);1H/t18?,19-;/m1./s1. The number of ether oxygens (including phenoxy) is 1. The molecular formula is C22H22ClFN4O4. The van der Waals surface area contributed by atoms with E-state index in [0.29, 0.717) is 22.8 Å². The van der Waals surface area contributed by atoms with Gasteiger partial charge in [-0.25, -0.2) is 9.37 Å². The predicted molar refractivity (Wildman–Crippen MR) is 121 cm³/mol. The number of nitrogens with one attached hydrogen (secondary N) is 1. The second-order valence-electron chi connectivity index (χ2n) is 7.28. The van der Waals surface area contributed by atoms with E-state index >= 15 is 0 Å². The summed E-state index contributed by atoms with van der Waals surface area (Å²) in [6.45, 7) is 2.03. The van der Waals surface area contributed by atoms with Crippen molar-refractivity contribution in [1.29, 1.82) is 0 Å². The first kappa shape index (κ1) is 23.4. The molecule has 1 aliphatic heterocycles. The largest absolute Gasteiger partial charge is 0.383 e. The fraction of sp³-hybridized carbons (Fsp3) is 0.227. The van der Waals surface area contributed by atoms with Crippen LogP contribution in [0.5, 0.6) is 0 Å². The van der Waals surface area contributed by atoms with Crippen molar-refractivity contribution < 1.29 is 23.8 Å². The Balaban J connectivity index is 0.00000289. The van der Waals surface area contributed by atoms with Crippen LogP contribution in [-0.4, -0.2) is 47.3 Å². The van der Waals surface area contributed by atoms with Gasteiger partial charge in [-0.05, 0) is 54.3 Å². The molecule has 0 spiro atoms. The van der Waals surface area contributed by atoms with Gasteiger partial charge in [0.15, 0.2) is 12.2 Å². The lowest BCUT2D eigenvalue weighted by Gasteiger charge is -2.34. The summed E-state index contributed by atoms with van der Waals surface area (Å²) in [5.74, 6) is -1.52. The summed E-state index contributed by atoms with van der Waals surface area (Å²) in [7, 11) is 0. The summed E-state index contributed by atoms with van der Waals surface area (Å²) < 4.78 is 19.1. The third-order valence-corrected chi connectivity index (χ3v) is 5.20. The summed E-state index contributed by atoms with van der Waals surface area (Å²) in [5, 5.41) is 14.6. The van der Waals surface area contributed by atoms with Gasteiger partial charge in [-0.2, -0.15) is 0 Å². The van der Waals surface area contributed by atoms with E-state index in [2.05, 4.69) is 10.3 Å². The summed E-state index contributed by atoms with van der Waals surface area (Å²) in [6.07, 6.45) is -1.60. The number of benzene rings is 2. The van der Waals surface area contributed by atoms with E-state index in [-0.39, 0.29) is 25.6 Å². The first-order valence-corrected chi connectivity index (χ1v) is 9.67. The first-order chi connectivity index (χ1) is 14.8. The van der Waals surface area contributed by atoms with Gasteiger partial charge in [-0.3, -0.25) is 9.59 Å². The molecule has 2 atom stereocenters. The Morgan fingerprint density at radius 1 is 1.31 bits per heavy atom. The number of hydrogen-bond acceptors (Lipinski definition) is 6. The number of hydrogen-bond donors (Lipinski definition) is 3. The molecule has 4 rings (SSSR count). The molecule has 168 valence electrons. The Hall–Kier alpha value is -3.27. The number of carbonyl (C=O) groups is 2. The highest BCUT2D eigenvalue weighted by molar-refractivity contribution is 6.05. The van der Waals surface area contributed by atoms with E-state index in [9.17, 15) is 19.1 Å². The van der Waals surface area contributed by atoms with E-state index in [1.165, 1.54) is 17.0 Å². The predicted octanol–water partition coefficient (Wildman–Crippen LogP) is 2.42. The van der Waals surface area contributed by atoms with Crippen LogP contribution in [0.1, 0.15) is 5.56 Å². The van der Waals surface area contributed by atoms with Crippen LogP contribution in [0.3, 0.4) is 0 Å². The molecule has 10 heteroatoms. The quantitative estimate of drug-likeness (QED) is 0.550. The molecule has 0 radical (unpaired) electrons. The van der Waals surface area contributed by atoms with Gasteiger partial charge >= 0.3 is 0 Å². The number of pyridine rings is 1. The number of anilines is 3. The van der Waals surface area contributed by atoms with Crippen molar-refractivity contribution in [2.75, 3.05) is 29.1 Å². The van der Waals surface area contributed by atoms with Gasteiger partial charge in [0.2, 0.25) is 0 Å². The van der Waals surface area contributed by atoms with Crippen LogP contribution >= 0.6 is 12.4 Å². The van der Waals surface area contributed by atoms with Crippen LogP contribution in [0, 0.1) is 12.7 Å². The van der Waals surface area contributed by atoms with Gasteiger partial charge in [0, 0.05) is 29.5 Å². The number of nitrogens with zero attached hydrogens (tertiary/aromatic N) is 2. The number of rotatable bonds is 4. The van der Waals surface area contributed by atoms with Gasteiger partial charge in [0.25, 0.3) is 11.8 Å².